The van der Waals surface area contributed by atoms with E-state index in [1.54, 1.807) is 4.57 Å². The summed E-state index contributed by atoms with van der Waals surface area (Å²) in [6.07, 6.45) is 0.764. The summed E-state index contributed by atoms with van der Waals surface area (Å²) in [5.74, 6) is 0.630. The van der Waals surface area contributed by atoms with Crippen molar-refractivity contribution in [3.8, 4) is 0 Å². The highest BCUT2D eigenvalue weighted by atomic mass is 16.1. The van der Waals surface area contributed by atoms with Crippen LogP contribution in [0.2, 0.25) is 0 Å². The van der Waals surface area contributed by atoms with Gasteiger partial charge in [0, 0.05) is 5.54 Å². The fourth-order valence-corrected chi connectivity index (χ4v) is 1.39. The lowest BCUT2D eigenvalue weighted by atomic mass is 10.1. The molecule has 1 atom stereocenters. The van der Waals surface area contributed by atoms with Crippen LogP contribution in [0.1, 0.15) is 46.0 Å². The number of aromatic amines is 1. The monoisotopic (exact) mass is 198 g/mol. The van der Waals surface area contributed by atoms with Gasteiger partial charge in [-0.15, -0.1) is 0 Å². The molecule has 0 bridgehead atoms. The first-order valence-corrected chi connectivity index (χ1v) is 4.81. The molecule has 5 heteroatoms. The molecule has 1 heterocycles. The second kappa shape index (κ2) is 3.57. The molecule has 3 N–H and O–H groups in total. The van der Waals surface area contributed by atoms with Gasteiger partial charge in [-0.05, 0) is 27.2 Å². The molecule has 0 aromatic carbocycles. The molecular formula is C9H18N4O. The lowest BCUT2D eigenvalue weighted by molar-refractivity contribution is 0.361. The highest BCUT2D eigenvalue weighted by Crippen LogP contribution is 2.17. The molecule has 0 spiro atoms. The third-order valence-electron chi connectivity index (χ3n) is 2.14. The molecule has 1 rings (SSSR count). The molecule has 14 heavy (non-hydrogen) atoms. The van der Waals surface area contributed by atoms with Gasteiger partial charge in [0.25, 0.3) is 0 Å². The van der Waals surface area contributed by atoms with E-state index < -0.39 is 0 Å². The Morgan fingerprint density at radius 3 is 2.57 bits per heavy atom. The first-order chi connectivity index (χ1) is 6.38. The minimum Gasteiger partial charge on any atom is -0.321 e. The second-order valence-corrected chi connectivity index (χ2v) is 4.41. The van der Waals surface area contributed by atoms with Gasteiger partial charge in [0.1, 0.15) is 0 Å². The van der Waals surface area contributed by atoms with Crippen LogP contribution in [-0.4, -0.2) is 14.8 Å². The summed E-state index contributed by atoms with van der Waals surface area (Å²) in [4.78, 5) is 11.5. The molecule has 0 fully saturated rings. The van der Waals surface area contributed by atoms with Crippen molar-refractivity contribution in [2.75, 3.05) is 0 Å². The third-order valence-corrected chi connectivity index (χ3v) is 2.14. The lowest BCUT2D eigenvalue weighted by Crippen LogP contribution is -2.35. The number of nitrogens with zero attached hydrogens (tertiary/aromatic N) is 2. The number of H-pyrrole nitrogens is 1. The lowest BCUT2D eigenvalue weighted by Gasteiger charge is -2.23. The molecule has 1 aromatic heterocycles. The number of hydrogen-bond acceptors (Lipinski definition) is 3. The van der Waals surface area contributed by atoms with Crippen molar-refractivity contribution in [3.05, 3.63) is 16.3 Å². The summed E-state index contributed by atoms with van der Waals surface area (Å²) >= 11 is 0. The molecule has 0 saturated carbocycles. The summed E-state index contributed by atoms with van der Waals surface area (Å²) in [6, 6.07) is -0.187. The third kappa shape index (κ3) is 1.87. The zero-order chi connectivity index (χ0) is 10.9. The zero-order valence-electron chi connectivity index (χ0n) is 9.16. The highest BCUT2D eigenvalue weighted by Gasteiger charge is 2.23. The quantitative estimate of drug-likeness (QED) is 0.735. The Morgan fingerprint density at radius 2 is 2.14 bits per heavy atom. The largest absolute Gasteiger partial charge is 0.343 e. The first-order valence-electron chi connectivity index (χ1n) is 4.81. The minimum absolute atomic E-state index is 0.187. The molecular weight excluding hydrogens is 180 g/mol. The topological polar surface area (TPSA) is 76.7 Å². The van der Waals surface area contributed by atoms with E-state index in [1.807, 2.05) is 27.7 Å². The second-order valence-electron chi connectivity index (χ2n) is 4.41. The van der Waals surface area contributed by atoms with Gasteiger partial charge in [-0.3, -0.25) is 4.57 Å². The molecule has 0 amide bonds. The van der Waals surface area contributed by atoms with E-state index in [4.69, 9.17) is 5.73 Å². The van der Waals surface area contributed by atoms with Crippen LogP contribution in [0.15, 0.2) is 4.79 Å². The fraction of sp³-hybridized carbons (Fsp3) is 0.778. The van der Waals surface area contributed by atoms with Crippen LogP contribution >= 0.6 is 0 Å². The Labute approximate surface area is 83.3 Å². The normalized spacial score (nSPS) is 14.4. The van der Waals surface area contributed by atoms with Crippen molar-refractivity contribution < 1.29 is 0 Å². The maximum absolute atomic E-state index is 11.5. The average Bonchev–Trinajstić information content (AvgIpc) is 2.44. The van der Waals surface area contributed by atoms with Crippen molar-refractivity contribution in [2.45, 2.75) is 45.7 Å². The van der Waals surface area contributed by atoms with Crippen LogP contribution in [0.3, 0.4) is 0 Å². The van der Waals surface area contributed by atoms with E-state index in [1.165, 1.54) is 0 Å². The summed E-state index contributed by atoms with van der Waals surface area (Å²) in [5.41, 5.74) is 5.38. The number of rotatable bonds is 2. The number of nitrogens with two attached hydrogens (primary N) is 1. The van der Waals surface area contributed by atoms with Crippen LogP contribution in [0.25, 0.3) is 0 Å². The Balaban J connectivity index is 3.27. The van der Waals surface area contributed by atoms with Crippen molar-refractivity contribution in [1.29, 1.82) is 0 Å². The van der Waals surface area contributed by atoms with Crippen molar-refractivity contribution in [3.63, 3.8) is 0 Å². The van der Waals surface area contributed by atoms with E-state index in [0.717, 1.165) is 6.42 Å². The van der Waals surface area contributed by atoms with Crippen molar-refractivity contribution in [2.24, 2.45) is 5.73 Å². The molecule has 0 aliphatic carbocycles. The molecule has 0 radical (unpaired) electrons. The summed E-state index contributed by atoms with van der Waals surface area (Å²) in [7, 11) is 0. The van der Waals surface area contributed by atoms with E-state index in [0.29, 0.717) is 5.82 Å². The summed E-state index contributed by atoms with van der Waals surface area (Å²) in [6.45, 7) is 7.83. The van der Waals surface area contributed by atoms with Crippen LogP contribution in [-0.2, 0) is 5.54 Å². The molecule has 80 valence electrons. The van der Waals surface area contributed by atoms with Gasteiger partial charge in [0.05, 0.1) is 6.04 Å². The standard InChI is InChI=1S/C9H18N4O/c1-5-6(10)7-11-12-8(14)13(7)9(2,3)4/h6H,5,10H2,1-4H3,(H,12,14). The van der Waals surface area contributed by atoms with Gasteiger partial charge in [-0.25, -0.2) is 9.89 Å². The summed E-state index contributed by atoms with van der Waals surface area (Å²) < 4.78 is 1.61. The predicted molar refractivity (Wildman–Crippen MR) is 55.1 cm³/mol. The van der Waals surface area contributed by atoms with E-state index >= 15 is 0 Å². The van der Waals surface area contributed by atoms with Crippen LogP contribution in [0.4, 0.5) is 0 Å². The fourth-order valence-electron chi connectivity index (χ4n) is 1.39. The van der Waals surface area contributed by atoms with Crippen LogP contribution < -0.4 is 11.4 Å². The molecule has 1 aromatic rings. The van der Waals surface area contributed by atoms with E-state index in [9.17, 15) is 4.79 Å². The zero-order valence-corrected chi connectivity index (χ0v) is 9.16. The molecule has 0 saturated heterocycles. The summed E-state index contributed by atoms with van der Waals surface area (Å²) in [5, 5.41) is 6.39. The first kappa shape index (κ1) is 11.0. The number of aromatic nitrogens is 3. The van der Waals surface area contributed by atoms with Gasteiger partial charge in [0.15, 0.2) is 5.82 Å². The maximum Gasteiger partial charge on any atom is 0.343 e. The van der Waals surface area contributed by atoms with Crippen LogP contribution in [0, 0.1) is 0 Å². The van der Waals surface area contributed by atoms with Gasteiger partial charge < -0.3 is 5.73 Å². The molecule has 5 nitrogen and oxygen atoms in total. The average molecular weight is 198 g/mol. The molecule has 0 aliphatic heterocycles. The number of hydrogen-bond donors (Lipinski definition) is 2. The molecule has 1 unspecified atom stereocenters. The van der Waals surface area contributed by atoms with E-state index in [2.05, 4.69) is 10.2 Å². The van der Waals surface area contributed by atoms with Gasteiger partial charge in [-0.1, -0.05) is 6.92 Å². The predicted octanol–water partition coefficient (Wildman–Crippen LogP) is 0.736. The smallest absolute Gasteiger partial charge is 0.321 e. The van der Waals surface area contributed by atoms with Crippen molar-refractivity contribution >= 4 is 0 Å². The minimum atomic E-state index is -0.286. The van der Waals surface area contributed by atoms with Crippen LogP contribution in [0.5, 0.6) is 0 Å². The van der Waals surface area contributed by atoms with E-state index in [-0.39, 0.29) is 17.3 Å². The SMILES string of the molecule is CCC(N)c1n[nH]c(=O)n1C(C)(C)C. The Morgan fingerprint density at radius 1 is 1.57 bits per heavy atom. The Bertz CT molecular complexity index is 358. The van der Waals surface area contributed by atoms with Gasteiger partial charge in [0.2, 0.25) is 0 Å². The maximum atomic E-state index is 11.5. The van der Waals surface area contributed by atoms with Gasteiger partial charge in [-0.2, -0.15) is 5.10 Å². The van der Waals surface area contributed by atoms with Crippen molar-refractivity contribution in [1.82, 2.24) is 14.8 Å². The Hall–Kier alpha value is -1.10. The highest BCUT2D eigenvalue weighted by molar-refractivity contribution is 4.97. The Kier molecular flexibility index (Phi) is 2.80. The van der Waals surface area contributed by atoms with Gasteiger partial charge >= 0.3 is 5.69 Å². The number of nitrogens with one attached hydrogen (secondary N) is 1. The molecule has 0 aliphatic rings.